The first-order chi connectivity index (χ1) is 13.5. The lowest BCUT2D eigenvalue weighted by Crippen LogP contribution is -2.55. The zero-order valence-corrected chi connectivity index (χ0v) is 20.0. The van der Waals surface area contributed by atoms with Crippen LogP contribution in [0.5, 0.6) is 5.75 Å². The van der Waals surface area contributed by atoms with Crippen LogP contribution < -0.4 is 4.52 Å². The minimum atomic E-state index is -4.94. The quantitative estimate of drug-likeness (QED) is 0.271. The molecule has 0 aliphatic carbocycles. The maximum absolute atomic E-state index is 12.8. The van der Waals surface area contributed by atoms with Crippen LogP contribution in [0.25, 0.3) is 0 Å². The topological polar surface area (TPSA) is 162 Å². The maximum atomic E-state index is 12.8. The molecule has 0 aromatic heterocycles. The molecule has 0 fully saturated rings. The van der Waals surface area contributed by atoms with Crippen molar-refractivity contribution in [1.82, 2.24) is 13.7 Å². The fourth-order valence-corrected chi connectivity index (χ4v) is 5.44. The van der Waals surface area contributed by atoms with Crippen LogP contribution >= 0.6 is 31.0 Å². The number of hydrogen-bond acceptors (Lipinski definition) is 7. The van der Waals surface area contributed by atoms with Gasteiger partial charge in [0.2, 0.25) is 10.0 Å². The van der Waals surface area contributed by atoms with Gasteiger partial charge < -0.3 is 9.42 Å². The van der Waals surface area contributed by atoms with Crippen LogP contribution in [-0.4, -0.2) is 78.4 Å². The van der Waals surface area contributed by atoms with Crippen LogP contribution in [-0.2, 0) is 31.2 Å². The highest BCUT2D eigenvalue weighted by molar-refractivity contribution is 7.91. The van der Waals surface area contributed by atoms with Crippen LogP contribution in [0.15, 0.2) is 18.2 Å². The summed E-state index contributed by atoms with van der Waals surface area (Å²) in [5, 5.41) is 0.142. The first-order valence-corrected chi connectivity index (χ1v) is 13.9. The van der Waals surface area contributed by atoms with E-state index >= 15 is 0 Å². The molecule has 0 bridgehead atoms. The van der Waals surface area contributed by atoms with E-state index in [1.807, 2.05) is 0 Å². The molecule has 172 valence electrons. The van der Waals surface area contributed by atoms with Crippen molar-refractivity contribution >= 4 is 57.1 Å². The van der Waals surface area contributed by atoms with Gasteiger partial charge in [0.05, 0.1) is 19.1 Å². The van der Waals surface area contributed by atoms with Gasteiger partial charge in [-0.2, -0.15) is 0 Å². The summed E-state index contributed by atoms with van der Waals surface area (Å²) in [5.41, 5.74) is 0.0263. The lowest BCUT2D eigenvalue weighted by Gasteiger charge is -2.33. The monoisotopic (exact) mass is 527 g/mol. The molecule has 0 aliphatic heterocycles. The molecule has 2 amide bonds. The Bertz CT molecular complexity index is 1050. The molecule has 1 rings (SSSR count). The summed E-state index contributed by atoms with van der Waals surface area (Å²) in [4.78, 5) is 31.7. The van der Waals surface area contributed by atoms with Crippen molar-refractivity contribution in [3.8, 4) is 5.75 Å². The summed E-state index contributed by atoms with van der Waals surface area (Å²) < 4.78 is 64.4. The molecule has 0 saturated carbocycles. The Morgan fingerprint density at radius 1 is 1.17 bits per heavy atom. The van der Waals surface area contributed by atoms with Gasteiger partial charge in [-0.15, -0.1) is 16.0 Å². The van der Waals surface area contributed by atoms with Crippen molar-refractivity contribution in [3.63, 3.8) is 0 Å². The van der Waals surface area contributed by atoms with E-state index in [-0.39, 0.29) is 26.6 Å². The number of phosphoric acid groups is 1. The number of nitrogens with zero attached hydrogens (tertiary/aromatic N) is 3. The molecule has 2 N–H and O–H groups in total. The molecule has 12 nitrogen and oxygen atoms in total. The summed E-state index contributed by atoms with van der Waals surface area (Å²) in [7, 11) is -12.4. The van der Waals surface area contributed by atoms with E-state index in [9.17, 15) is 26.2 Å². The largest absolute Gasteiger partial charge is 0.524 e. The van der Waals surface area contributed by atoms with Gasteiger partial charge in [-0.05, 0) is 18.2 Å². The van der Waals surface area contributed by atoms with Crippen LogP contribution in [0.3, 0.4) is 0 Å². The number of benzene rings is 1. The standard InChI is InChI=1S/C13H20Cl2N3O9PS2/c1-16(9-10-8-11(15)4-5-12(10)27-28(20,21)22)13(19)18(30(3,25)26)17(7-6-14)29(2,23)24/h4-5,8H,6-7,9H2,1-3H3,(H2,20,21,22). The molecule has 0 spiro atoms. The number of hydrogen-bond donors (Lipinski definition) is 2. The third-order valence-corrected chi connectivity index (χ3v) is 6.35. The lowest BCUT2D eigenvalue weighted by atomic mass is 10.2. The molecule has 1 aromatic carbocycles. The third kappa shape index (κ3) is 7.85. The van der Waals surface area contributed by atoms with E-state index in [0.717, 1.165) is 18.0 Å². The van der Waals surface area contributed by atoms with Gasteiger partial charge in [0.25, 0.3) is 10.0 Å². The van der Waals surface area contributed by atoms with E-state index in [2.05, 4.69) is 4.52 Å². The first kappa shape index (κ1) is 26.9. The Hall–Kier alpha value is -1.12. The normalized spacial score (nSPS) is 12.7. The first-order valence-electron chi connectivity index (χ1n) is 7.80. The van der Waals surface area contributed by atoms with Gasteiger partial charge in [-0.3, -0.25) is 9.79 Å². The third-order valence-electron chi connectivity index (χ3n) is 3.31. The molecule has 0 saturated heterocycles. The van der Waals surface area contributed by atoms with Crippen molar-refractivity contribution in [2.75, 3.05) is 32.0 Å². The number of alkyl halides is 1. The number of halogens is 2. The number of carbonyl (C=O) groups is 1. The Kier molecular flexibility index (Phi) is 8.97. The Morgan fingerprint density at radius 3 is 2.17 bits per heavy atom. The highest BCUT2D eigenvalue weighted by Crippen LogP contribution is 2.40. The zero-order valence-electron chi connectivity index (χ0n) is 16.0. The fourth-order valence-electron chi connectivity index (χ4n) is 2.22. The van der Waals surface area contributed by atoms with Gasteiger partial charge >= 0.3 is 13.9 Å². The number of rotatable bonds is 9. The maximum Gasteiger partial charge on any atom is 0.524 e. The van der Waals surface area contributed by atoms with Gasteiger partial charge in [-0.25, -0.2) is 26.2 Å². The van der Waals surface area contributed by atoms with Crippen molar-refractivity contribution in [1.29, 1.82) is 0 Å². The summed E-state index contributed by atoms with van der Waals surface area (Å²) in [6, 6.07) is 2.41. The number of urea groups is 1. The average molecular weight is 528 g/mol. The fraction of sp³-hybridized carbons (Fsp3) is 0.462. The van der Waals surface area contributed by atoms with Crippen LogP contribution in [0, 0.1) is 0 Å². The molecule has 1 aromatic rings. The molecule has 0 radical (unpaired) electrons. The number of carbonyl (C=O) groups excluding carboxylic acids is 1. The molecule has 30 heavy (non-hydrogen) atoms. The van der Waals surface area contributed by atoms with Gasteiger partial charge in [0.1, 0.15) is 5.75 Å². The molecular formula is C13H20Cl2N3O9PS2. The molecule has 0 unspecified atom stereocenters. The summed E-state index contributed by atoms with van der Waals surface area (Å²) in [6.45, 7) is -0.935. The smallest absolute Gasteiger partial charge is 0.404 e. The zero-order chi connectivity index (χ0) is 23.5. The highest BCUT2D eigenvalue weighted by atomic mass is 35.5. The average Bonchev–Trinajstić information content (AvgIpc) is 2.53. The molecule has 0 aliphatic rings. The van der Waals surface area contributed by atoms with E-state index < -0.39 is 47.0 Å². The molecular weight excluding hydrogens is 508 g/mol. The van der Waals surface area contributed by atoms with Gasteiger partial charge in [0, 0.05) is 30.1 Å². The van der Waals surface area contributed by atoms with Gasteiger partial charge in [0.15, 0.2) is 0 Å². The number of hydrazine groups is 1. The van der Waals surface area contributed by atoms with Crippen molar-refractivity contribution < 1.29 is 40.5 Å². The lowest BCUT2D eigenvalue weighted by molar-refractivity contribution is 0.133. The molecule has 17 heteroatoms. The summed E-state index contributed by atoms with van der Waals surface area (Å²) >= 11 is 11.4. The number of phosphoric ester groups is 1. The number of amides is 2. The van der Waals surface area contributed by atoms with Crippen molar-refractivity contribution in [2.24, 2.45) is 0 Å². The molecule has 0 atom stereocenters. The van der Waals surface area contributed by atoms with E-state index in [0.29, 0.717) is 16.9 Å². The second-order valence-corrected chi connectivity index (χ2v) is 11.7. The predicted molar refractivity (Wildman–Crippen MR) is 110 cm³/mol. The summed E-state index contributed by atoms with van der Waals surface area (Å²) in [5.74, 6) is -0.607. The minimum absolute atomic E-state index is 0.0263. The minimum Gasteiger partial charge on any atom is -0.404 e. The van der Waals surface area contributed by atoms with Crippen LogP contribution in [0.1, 0.15) is 5.56 Å². The predicted octanol–water partition coefficient (Wildman–Crippen LogP) is 1.04. The van der Waals surface area contributed by atoms with Gasteiger partial charge in [-0.1, -0.05) is 16.0 Å². The Labute approximate surface area is 184 Å². The SMILES string of the molecule is CN(Cc1cc(Cl)ccc1OP(=O)(O)O)C(=O)N(N(CCCl)S(C)(=O)=O)S(C)(=O)=O. The Morgan fingerprint density at radius 2 is 1.73 bits per heavy atom. The Balaban J connectivity index is 3.35. The van der Waals surface area contributed by atoms with Crippen LogP contribution in [0.2, 0.25) is 5.02 Å². The van der Waals surface area contributed by atoms with Crippen molar-refractivity contribution in [3.05, 3.63) is 28.8 Å². The van der Waals surface area contributed by atoms with E-state index in [1.54, 1.807) is 0 Å². The second kappa shape index (κ2) is 10.0. The van der Waals surface area contributed by atoms with Crippen molar-refractivity contribution in [2.45, 2.75) is 6.54 Å². The molecule has 0 heterocycles. The summed E-state index contributed by atoms with van der Waals surface area (Å²) in [6.07, 6.45) is 1.33. The highest BCUT2D eigenvalue weighted by Gasteiger charge is 2.37. The van der Waals surface area contributed by atoms with E-state index in [1.165, 1.54) is 12.1 Å². The van der Waals surface area contributed by atoms with Crippen LogP contribution in [0.4, 0.5) is 4.79 Å². The number of sulfonamides is 2. The van der Waals surface area contributed by atoms with E-state index in [4.69, 9.17) is 33.0 Å². The second-order valence-electron chi connectivity index (χ2n) is 5.98.